The number of benzene rings is 1. The summed E-state index contributed by atoms with van der Waals surface area (Å²) < 4.78 is 1.85. The highest BCUT2D eigenvalue weighted by atomic mass is 15.3. The van der Waals surface area contributed by atoms with Crippen molar-refractivity contribution in [2.24, 2.45) is 5.73 Å². The van der Waals surface area contributed by atoms with Crippen molar-refractivity contribution in [1.82, 2.24) is 24.6 Å². The van der Waals surface area contributed by atoms with Crippen LogP contribution >= 0.6 is 0 Å². The van der Waals surface area contributed by atoms with Crippen molar-refractivity contribution in [2.45, 2.75) is 24.9 Å². The first kappa shape index (κ1) is 14.3. The van der Waals surface area contributed by atoms with Crippen LogP contribution in [0.15, 0.2) is 49.1 Å². The highest BCUT2D eigenvalue weighted by molar-refractivity contribution is 5.86. The largest absolute Gasteiger partial charge is 0.350 e. The molecule has 3 heterocycles. The van der Waals surface area contributed by atoms with E-state index in [4.69, 9.17) is 5.73 Å². The van der Waals surface area contributed by atoms with Crippen LogP contribution in [0.4, 0.5) is 5.95 Å². The first-order valence-electron chi connectivity index (χ1n) is 8.34. The number of hydrogen-bond acceptors (Lipinski definition) is 6. The minimum absolute atomic E-state index is 0.301. The van der Waals surface area contributed by atoms with Crippen LogP contribution in [0.5, 0.6) is 0 Å². The van der Waals surface area contributed by atoms with Crippen LogP contribution in [0.2, 0.25) is 0 Å². The van der Waals surface area contributed by atoms with Crippen molar-refractivity contribution >= 4 is 22.5 Å². The van der Waals surface area contributed by atoms with Crippen LogP contribution in [0, 0.1) is 0 Å². The number of anilines is 1. The van der Waals surface area contributed by atoms with Gasteiger partial charge in [0, 0.05) is 36.2 Å². The molecule has 0 aliphatic heterocycles. The maximum atomic E-state index is 5.82. The molecule has 0 atom stereocenters. The van der Waals surface area contributed by atoms with E-state index in [0.29, 0.717) is 18.0 Å². The van der Waals surface area contributed by atoms with Gasteiger partial charge >= 0.3 is 0 Å². The minimum atomic E-state index is 0.301. The molecule has 0 unspecified atom stereocenters. The first-order chi connectivity index (χ1) is 12.3. The Balaban J connectivity index is 1.50. The molecule has 0 radical (unpaired) electrons. The van der Waals surface area contributed by atoms with Gasteiger partial charge in [0.25, 0.3) is 0 Å². The Morgan fingerprint density at radius 1 is 1.04 bits per heavy atom. The lowest BCUT2D eigenvalue weighted by Crippen LogP contribution is -2.44. The summed E-state index contributed by atoms with van der Waals surface area (Å²) in [6.07, 6.45) is 9.15. The Labute approximate surface area is 143 Å². The molecule has 1 saturated carbocycles. The molecule has 7 heteroatoms. The van der Waals surface area contributed by atoms with Crippen LogP contribution in [-0.2, 0) is 0 Å². The van der Waals surface area contributed by atoms with E-state index in [1.807, 2.05) is 41.2 Å². The van der Waals surface area contributed by atoms with Gasteiger partial charge in [0.2, 0.25) is 5.95 Å². The molecule has 7 nitrogen and oxygen atoms in total. The van der Waals surface area contributed by atoms with Crippen molar-refractivity contribution in [3.63, 3.8) is 0 Å². The van der Waals surface area contributed by atoms with E-state index >= 15 is 0 Å². The van der Waals surface area contributed by atoms with Crippen molar-refractivity contribution < 1.29 is 0 Å². The number of nitrogens with one attached hydrogen (secondary N) is 1. The SMILES string of the molecule is N[C@H]1C[C@H](Nc2ncc3c(-c4ccc5nccnc5c4)ccn3n2)C1. The molecule has 5 rings (SSSR count). The van der Waals surface area contributed by atoms with Crippen LogP contribution in [0.3, 0.4) is 0 Å². The summed E-state index contributed by atoms with van der Waals surface area (Å²) in [5, 5.41) is 7.89. The molecule has 0 bridgehead atoms. The summed E-state index contributed by atoms with van der Waals surface area (Å²) in [5.74, 6) is 0.635. The van der Waals surface area contributed by atoms with Crippen molar-refractivity contribution in [3.8, 4) is 11.1 Å². The average Bonchev–Trinajstić information content (AvgIpc) is 3.03. The highest BCUT2D eigenvalue weighted by Gasteiger charge is 2.26. The van der Waals surface area contributed by atoms with Gasteiger partial charge in [-0.3, -0.25) is 9.97 Å². The highest BCUT2D eigenvalue weighted by Crippen LogP contribution is 2.27. The predicted molar refractivity (Wildman–Crippen MR) is 96.1 cm³/mol. The summed E-state index contributed by atoms with van der Waals surface area (Å²) in [4.78, 5) is 13.2. The minimum Gasteiger partial charge on any atom is -0.350 e. The molecular weight excluding hydrogens is 314 g/mol. The first-order valence-corrected chi connectivity index (χ1v) is 8.34. The number of nitrogens with two attached hydrogens (primary N) is 1. The van der Waals surface area contributed by atoms with Crippen molar-refractivity contribution in [2.75, 3.05) is 5.32 Å². The predicted octanol–water partition coefficient (Wildman–Crippen LogP) is 2.24. The summed E-state index contributed by atoms with van der Waals surface area (Å²) in [5.41, 5.74) is 10.7. The molecule has 3 aromatic heterocycles. The molecule has 1 fully saturated rings. The average molecular weight is 331 g/mol. The maximum absolute atomic E-state index is 5.82. The summed E-state index contributed by atoms with van der Waals surface area (Å²) in [6, 6.07) is 8.80. The fourth-order valence-corrected chi connectivity index (χ4v) is 3.30. The van der Waals surface area contributed by atoms with Crippen LogP contribution in [0.1, 0.15) is 12.8 Å². The lowest BCUT2D eigenvalue weighted by molar-refractivity contribution is 0.371. The van der Waals surface area contributed by atoms with E-state index in [0.717, 1.165) is 40.5 Å². The summed E-state index contributed by atoms with van der Waals surface area (Å²) in [6.45, 7) is 0. The van der Waals surface area contributed by atoms with Gasteiger partial charge in [0.1, 0.15) is 0 Å². The second-order valence-corrected chi connectivity index (χ2v) is 6.47. The number of hydrogen-bond donors (Lipinski definition) is 2. The van der Waals surface area contributed by atoms with Crippen molar-refractivity contribution in [3.05, 3.63) is 49.1 Å². The number of fused-ring (bicyclic) bond motifs is 2. The van der Waals surface area contributed by atoms with E-state index in [1.165, 1.54) is 0 Å². The lowest BCUT2D eigenvalue weighted by atomic mass is 9.88. The zero-order valence-corrected chi connectivity index (χ0v) is 13.5. The molecule has 4 aromatic rings. The van der Waals surface area contributed by atoms with Gasteiger partial charge in [-0.2, -0.15) is 0 Å². The molecule has 1 aromatic carbocycles. The van der Waals surface area contributed by atoms with Gasteiger partial charge in [-0.1, -0.05) is 6.07 Å². The van der Waals surface area contributed by atoms with Gasteiger partial charge < -0.3 is 11.1 Å². The number of rotatable bonds is 3. The Morgan fingerprint density at radius 3 is 2.72 bits per heavy atom. The standard InChI is InChI=1S/C18H17N7/c19-12-8-13(9-12)23-18-22-10-17-14(3-6-25(17)24-18)11-1-2-15-16(7-11)21-5-4-20-15/h1-7,10,12-13H,8-9,19H2,(H,23,24)/t12-,13-. The Bertz CT molecular complexity index is 1070. The Morgan fingerprint density at radius 2 is 1.88 bits per heavy atom. The summed E-state index contributed by atoms with van der Waals surface area (Å²) in [7, 11) is 0. The number of aromatic nitrogens is 5. The third kappa shape index (κ3) is 2.49. The molecule has 1 aliphatic rings. The smallest absolute Gasteiger partial charge is 0.241 e. The van der Waals surface area contributed by atoms with Gasteiger partial charge in [0.05, 0.1) is 22.7 Å². The van der Waals surface area contributed by atoms with Crippen LogP contribution < -0.4 is 11.1 Å². The molecule has 3 N–H and O–H groups in total. The molecule has 0 saturated heterocycles. The molecule has 1 aliphatic carbocycles. The van der Waals surface area contributed by atoms with Crippen LogP contribution in [-0.4, -0.2) is 36.6 Å². The Kier molecular flexibility index (Phi) is 3.14. The number of nitrogens with zero attached hydrogens (tertiary/aromatic N) is 5. The second-order valence-electron chi connectivity index (χ2n) is 6.47. The normalized spacial score (nSPS) is 19.9. The second kappa shape index (κ2) is 5.49. The van der Waals surface area contributed by atoms with Gasteiger partial charge in [-0.15, -0.1) is 5.10 Å². The van der Waals surface area contributed by atoms with Gasteiger partial charge in [-0.25, -0.2) is 9.50 Å². The van der Waals surface area contributed by atoms with E-state index in [9.17, 15) is 0 Å². The third-order valence-corrected chi connectivity index (χ3v) is 4.70. The van der Waals surface area contributed by atoms with E-state index in [1.54, 1.807) is 12.4 Å². The lowest BCUT2D eigenvalue weighted by Gasteiger charge is -2.32. The molecule has 0 spiro atoms. The van der Waals surface area contributed by atoms with Crippen molar-refractivity contribution in [1.29, 1.82) is 0 Å². The monoisotopic (exact) mass is 331 g/mol. The van der Waals surface area contributed by atoms with E-state index < -0.39 is 0 Å². The Hall–Kier alpha value is -3.06. The topological polar surface area (TPSA) is 94.0 Å². The third-order valence-electron chi connectivity index (χ3n) is 4.70. The zero-order valence-electron chi connectivity index (χ0n) is 13.5. The quantitative estimate of drug-likeness (QED) is 0.598. The summed E-state index contributed by atoms with van der Waals surface area (Å²) >= 11 is 0. The maximum Gasteiger partial charge on any atom is 0.241 e. The fourth-order valence-electron chi connectivity index (χ4n) is 3.30. The zero-order chi connectivity index (χ0) is 16.8. The van der Waals surface area contributed by atoms with Crippen LogP contribution in [0.25, 0.3) is 27.7 Å². The molecular formula is C18H17N7. The van der Waals surface area contributed by atoms with Gasteiger partial charge in [-0.05, 0) is 36.6 Å². The van der Waals surface area contributed by atoms with E-state index in [2.05, 4.69) is 25.4 Å². The van der Waals surface area contributed by atoms with E-state index in [-0.39, 0.29) is 0 Å². The molecule has 124 valence electrons. The molecule has 25 heavy (non-hydrogen) atoms. The molecule has 0 amide bonds. The van der Waals surface area contributed by atoms with Gasteiger partial charge in [0.15, 0.2) is 0 Å². The fraction of sp³-hybridized carbons (Fsp3) is 0.222.